The predicted molar refractivity (Wildman–Crippen MR) is 63.3 cm³/mol. The van der Waals surface area contributed by atoms with E-state index in [1.165, 1.54) is 6.07 Å². The van der Waals surface area contributed by atoms with Crippen LogP contribution in [-0.4, -0.2) is 25.2 Å². The molecule has 1 heterocycles. The van der Waals surface area contributed by atoms with E-state index in [0.717, 1.165) is 0 Å². The first kappa shape index (κ1) is 12.1. The highest BCUT2D eigenvalue weighted by molar-refractivity contribution is 7.91. The first-order valence-electron chi connectivity index (χ1n) is 5.36. The summed E-state index contributed by atoms with van der Waals surface area (Å²) in [5, 5.41) is 9.09. The van der Waals surface area contributed by atoms with Gasteiger partial charge in [-0.05, 0) is 42.5 Å². The summed E-state index contributed by atoms with van der Waals surface area (Å²) in [5.74, 6) is -1.06. The van der Waals surface area contributed by atoms with Crippen LogP contribution in [0, 0.1) is 13.8 Å². The Hall–Kier alpha value is -1.36. The molecule has 1 aromatic rings. The highest BCUT2D eigenvalue weighted by Gasteiger charge is 2.36. The summed E-state index contributed by atoms with van der Waals surface area (Å²) in [7, 11) is -3.24. The SMILES string of the molecule is Cc1cc(C(=O)O)c(C)c2c1S(=O)(=O)CC2C. The van der Waals surface area contributed by atoms with Gasteiger partial charge in [0, 0.05) is 0 Å². The molecule has 1 atom stereocenters. The summed E-state index contributed by atoms with van der Waals surface area (Å²) in [6.07, 6.45) is 0. The summed E-state index contributed by atoms with van der Waals surface area (Å²) in [6, 6.07) is 1.45. The van der Waals surface area contributed by atoms with E-state index >= 15 is 0 Å². The van der Waals surface area contributed by atoms with E-state index in [9.17, 15) is 13.2 Å². The van der Waals surface area contributed by atoms with Crippen molar-refractivity contribution in [1.29, 1.82) is 0 Å². The van der Waals surface area contributed by atoms with Gasteiger partial charge in [0.2, 0.25) is 0 Å². The Morgan fingerprint density at radius 2 is 2.00 bits per heavy atom. The molecule has 4 nitrogen and oxygen atoms in total. The normalized spacial score (nSPS) is 21.2. The number of carboxylic acid groups (broad SMARTS) is 1. The monoisotopic (exact) mass is 254 g/mol. The van der Waals surface area contributed by atoms with Crippen LogP contribution in [0.2, 0.25) is 0 Å². The quantitative estimate of drug-likeness (QED) is 0.830. The van der Waals surface area contributed by atoms with Crippen molar-refractivity contribution in [3.63, 3.8) is 0 Å². The number of aromatic carboxylic acids is 1. The molecule has 1 N–H and O–H groups in total. The number of aryl methyl sites for hydroxylation is 1. The summed E-state index contributed by atoms with van der Waals surface area (Å²) in [6.45, 7) is 5.15. The zero-order valence-electron chi connectivity index (χ0n) is 9.94. The minimum Gasteiger partial charge on any atom is -0.478 e. The standard InChI is InChI=1S/C12H14O4S/c1-6-4-9(12(13)14)8(3)10-7(2)5-17(15,16)11(6)10/h4,7H,5H2,1-3H3,(H,13,14). The third-order valence-electron chi connectivity index (χ3n) is 3.28. The molecule has 1 aliphatic rings. The van der Waals surface area contributed by atoms with Gasteiger partial charge in [-0.1, -0.05) is 6.92 Å². The van der Waals surface area contributed by atoms with Crippen molar-refractivity contribution in [2.24, 2.45) is 0 Å². The van der Waals surface area contributed by atoms with Crippen molar-refractivity contribution in [1.82, 2.24) is 0 Å². The number of benzene rings is 1. The van der Waals surface area contributed by atoms with Crippen LogP contribution in [0.25, 0.3) is 0 Å². The van der Waals surface area contributed by atoms with Gasteiger partial charge in [-0.3, -0.25) is 0 Å². The molecule has 1 aromatic carbocycles. The first-order valence-corrected chi connectivity index (χ1v) is 7.01. The number of carbonyl (C=O) groups is 1. The maximum atomic E-state index is 12.0. The molecule has 1 unspecified atom stereocenters. The average molecular weight is 254 g/mol. The summed E-state index contributed by atoms with van der Waals surface area (Å²) in [4.78, 5) is 11.4. The molecule has 0 aromatic heterocycles. The lowest BCUT2D eigenvalue weighted by atomic mass is 9.92. The maximum Gasteiger partial charge on any atom is 0.335 e. The predicted octanol–water partition coefficient (Wildman–Crippen LogP) is 1.89. The molecule has 2 rings (SSSR count). The number of fused-ring (bicyclic) bond motifs is 1. The van der Waals surface area contributed by atoms with Gasteiger partial charge < -0.3 is 5.11 Å². The second-order valence-corrected chi connectivity index (χ2v) is 6.57. The van der Waals surface area contributed by atoms with E-state index in [2.05, 4.69) is 0 Å². The van der Waals surface area contributed by atoms with E-state index in [4.69, 9.17) is 5.11 Å². The van der Waals surface area contributed by atoms with Gasteiger partial charge >= 0.3 is 5.97 Å². The molecule has 0 spiro atoms. The lowest BCUT2D eigenvalue weighted by molar-refractivity contribution is 0.0695. The molecule has 5 heteroatoms. The fourth-order valence-corrected chi connectivity index (χ4v) is 4.87. The van der Waals surface area contributed by atoms with Crippen molar-refractivity contribution in [3.8, 4) is 0 Å². The largest absolute Gasteiger partial charge is 0.478 e. The highest BCUT2D eigenvalue weighted by atomic mass is 32.2. The van der Waals surface area contributed by atoms with E-state index < -0.39 is 15.8 Å². The second kappa shape index (κ2) is 3.57. The Morgan fingerprint density at radius 1 is 1.41 bits per heavy atom. The van der Waals surface area contributed by atoms with Crippen LogP contribution < -0.4 is 0 Å². The Balaban J connectivity index is 2.89. The Kier molecular flexibility index (Phi) is 2.54. The fraction of sp³-hybridized carbons (Fsp3) is 0.417. The Bertz CT molecular complexity index is 614. The maximum absolute atomic E-state index is 12.0. The minimum atomic E-state index is -3.24. The molecular formula is C12H14O4S. The van der Waals surface area contributed by atoms with Crippen LogP contribution in [0.4, 0.5) is 0 Å². The van der Waals surface area contributed by atoms with Gasteiger partial charge in [0.25, 0.3) is 0 Å². The molecule has 0 bridgehead atoms. The lowest BCUT2D eigenvalue weighted by Gasteiger charge is -2.12. The smallest absolute Gasteiger partial charge is 0.335 e. The van der Waals surface area contributed by atoms with Crippen molar-refractivity contribution >= 4 is 15.8 Å². The molecule has 0 aliphatic carbocycles. The van der Waals surface area contributed by atoms with Gasteiger partial charge in [-0.15, -0.1) is 0 Å². The van der Waals surface area contributed by atoms with Gasteiger partial charge in [-0.25, -0.2) is 13.2 Å². The van der Waals surface area contributed by atoms with Crippen molar-refractivity contribution in [2.75, 3.05) is 5.75 Å². The topological polar surface area (TPSA) is 71.4 Å². The fourth-order valence-electron chi connectivity index (χ4n) is 2.64. The highest BCUT2D eigenvalue weighted by Crippen LogP contribution is 2.40. The van der Waals surface area contributed by atoms with Crippen LogP contribution >= 0.6 is 0 Å². The lowest BCUT2D eigenvalue weighted by Crippen LogP contribution is -2.06. The molecule has 0 radical (unpaired) electrons. The molecular weight excluding hydrogens is 240 g/mol. The molecule has 1 aliphatic heterocycles. The van der Waals surface area contributed by atoms with Crippen LogP contribution in [0.3, 0.4) is 0 Å². The van der Waals surface area contributed by atoms with E-state index in [-0.39, 0.29) is 17.2 Å². The molecule has 0 saturated heterocycles. The molecule has 92 valence electrons. The van der Waals surface area contributed by atoms with E-state index in [0.29, 0.717) is 21.6 Å². The van der Waals surface area contributed by atoms with Crippen LogP contribution in [0.5, 0.6) is 0 Å². The number of rotatable bonds is 1. The van der Waals surface area contributed by atoms with Gasteiger partial charge in [0.1, 0.15) is 0 Å². The van der Waals surface area contributed by atoms with Crippen LogP contribution in [0.15, 0.2) is 11.0 Å². The Labute approximate surface area is 100 Å². The average Bonchev–Trinajstić information content (AvgIpc) is 2.42. The van der Waals surface area contributed by atoms with Gasteiger partial charge in [-0.2, -0.15) is 0 Å². The first-order chi connectivity index (χ1) is 7.75. The molecule has 0 amide bonds. The van der Waals surface area contributed by atoms with Crippen LogP contribution in [0.1, 0.15) is 39.9 Å². The van der Waals surface area contributed by atoms with Gasteiger partial charge in [0.15, 0.2) is 9.84 Å². The summed E-state index contributed by atoms with van der Waals surface area (Å²) < 4.78 is 23.9. The minimum absolute atomic E-state index is 0.0765. The third kappa shape index (κ3) is 1.65. The van der Waals surface area contributed by atoms with Gasteiger partial charge in [0.05, 0.1) is 16.2 Å². The number of hydrogen-bond donors (Lipinski definition) is 1. The summed E-state index contributed by atoms with van der Waals surface area (Å²) in [5.41, 5.74) is 1.99. The van der Waals surface area contributed by atoms with E-state index in [1.807, 2.05) is 6.92 Å². The van der Waals surface area contributed by atoms with E-state index in [1.54, 1.807) is 13.8 Å². The third-order valence-corrected chi connectivity index (χ3v) is 5.38. The number of hydrogen-bond acceptors (Lipinski definition) is 3. The molecule has 0 saturated carbocycles. The second-order valence-electron chi connectivity index (χ2n) is 4.60. The van der Waals surface area contributed by atoms with Crippen LogP contribution in [-0.2, 0) is 9.84 Å². The zero-order chi connectivity index (χ0) is 13.0. The van der Waals surface area contributed by atoms with Crippen molar-refractivity contribution < 1.29 is 18.3 Å². The Morgan fingerprint density at radius 3 is 2.53 bits per heavy atom. The number of carboxylic acids is 1. The zero-order valence-corrected chi connectivity index (χ0v) is 10.8. The van der Waals surface area contributed by atoms with Crippen molar-refractivity contribution in [3.05, 3.63) is 28.3 Å². The van der Waals surface area contributed by atoms with Crippen molar-refractivity contribution in [2.45, 2.75) is 31.6 Å². The number of sulfone groups is 1. The molecule has 0 fully saturated rings. The molecule has 17 heavy (non-hydrogen) atoms. The summed E-state index contributed by atoms with van der Waals surface area (Å²) >= 11 is 0.